The van der Waals surface area contributed by atoms with Gasteiger partial charge in [0, 0.05) is 5.56 Å². The Hall–Kier alpha value is -3.66. The molecule has 0 spiro atoms. The lowest BCUT2D eigenvalue weighted by molar-refractivity contribution is 0.0465. The van der Waals surface area contributed by atoms with Crippen molar-refractivity contribution in [1.82, 2.24) is 9.78 Å². The Balaban J connectivity index is 1.66. The monoisotopic (exact) mass is 354 g/mol. The molecule has 0 bridgehead atoms. The Morgan fingerprint density at radius 1 is 0.815 bits per heavy atom. The van der Waals surface area contributed by atoms with Crippen LogP contribution in [0.15, 0.2) is 97.1 Å². The van der Waals surface area contributed by atoms with Crippen LogP contribution >= 0.6 is 0 Å². The van der Waals surface area contributed by atoms with E-state index < -0.39 is 5.97 Å². The molecule has 0 fully saturated rings. The lowest BCUT2D eigenvalue weighted by Gasteiger charge is -2.07. The average molecular weight is 354 g/mol. The molecular formula is C23H18N2O2. The maximum atomic E-state index is 12.5. The predicted molar refractivity (Wildman–Crippen MR) is 105 cm³/mol. The van der Waals surface area contributed by atoms with Gasteiger partial charge in [0.25, 0.3) is 0 Å². The summed E-state index contributed by atoms with van der Waals surface area (Å²) in [5, 5.41) is 4.51. The first-order valence-corrected chi connectivity index (χ1v) is 8.73. The Morgan fingerprint density at radius 2 is 1.41 bits per heavy atom. The van der Waals surface area contributed by atoms with Crippen LogP contribution in [0.4, 0.5) is 0 Å². The van der Waals surface area contributed by atoms with Crippen LogP contribution in [-0.4, -0.2) is 15.7 Å². The van der Waals surface area contributed by atoms with E-state index in [1.807, 2.05) is 91.0 Å². The highest BCUT2D eigenvalue weighted by molar-refractivity contribution is 5.89. The van der Waals surface area contributed by atoms with Crippen molar-refractivity contribution < 1.29 is 9.53 Å². The molecule has 0 unspecified atom stereocenters. The van der Waals surface area contributed by atoms with E-state index in [4.69, 9.17) is 4.74 Å². The number of nitrogens with zero attached hydrogens (tertiary/aromatic N) is 2. The standard InChI is InChI=1S/C23H18N2O2/c26-23(27-17-18-10-4-1-5-11-18)21-16-22(19-12-6-2-7-13-19)25(24-21)20-14-8-3-9-15-20/h1-16H,17H2. The highest BCUT2D eigenvalue weighted by Crippen LogP contribution is 2.24. The molecule has 0 saturated heterocycles. The molecule has 27 heavy (non-hydrogen) atoms. The van der Waals surface area contributed by atoms with Gasteiger partial charge in [0.05, 0.1) is 11.4 Å². The van der Waals surface area contributed by atoms with Crippen molar-refractivity contribution in [2.24, 2.45) is 0 Å². The Labute approximate surface area is 157 Å². The number of aromatic nitrogens is 2. The van der Waals surface area contributed by atoms with Gasteiger partial charge in [-0.1, -0.05) is 78.9 Å². The van der Waals surface area contributed by atoms with Gasteiger partial charge in [0.1, 0.15) is 6.61 Å². The van der Waals surface area contributed by atoms with Crippen LogP contribution < -0.4 is 0 Å². The molecule has 0 amide bonds. The van der Waals surface area contributed by atoms with Crippen molar-refractivity contribution in [3.8, 4) is 16.9 Å². The summed E-state index contributed by atoms with van der Waals surface area (Å²) in [6.45, 7) is 0.221. The smallest absolute Gasteiger partial charge is 0.359 e. The van der Waals surface area contributed by atoms with Gasteiger partial charge in [-0.15, -0.1) is 0 Å². The van der Waals surface area contributed by atoms with E-state index in [2.05, 4.69) is 5.10 Å². The molecule has 0 atom stereocenters. The SMILES string of the molecule is O=C(OCc1ccccc1)c1cc(-c2ccccc2)n(-c2ccccc2)n1. The number of benzene rings is 3. The van der Waals surface area contributed by atoms with Crippen molar-refractivity contribution in [2.75, 3.05) is 0 Å². The lowest BCUT2D eigenvalue weighted by Crippen LogP contribution is -2.07. The highest BCUT2D eigenvalue weighted by atomic mass is 16.5. The molecular weight excluding hydrogens is 336 g/mol. The molecule has 4 rings (SSSR count). The third kappa shape index (κ3) is 3.80. The molecule has 0 aliphatic carbocycles. The molecule has 0 aliphatic rings. The molecule has 4 aromatic rings. The van der Waals surface area contributed by atoms with Crippen LogP contribution in [0.5, 0.6) is 0 Å². The van der Waals surface area contributed by atoms with Crippen LogP contribution in [0, 0.1) is 0 Å². The van der Waals surface area contributed by atoms with Crippen molar-refractivity contribution in [1.29, 1.82) is 0 Å². The molecule has 4 heteroatoms. The van der Waals surface area contributed by atoms with Gasteiger partial charge in [-0.05, 0) is 23.8 Å². The molecule has 0 N–H and O–H groups in total. The van der Waals surface area contributed by atoms with E-state index in [9.17, 15) is 4.79 Å². The minimum atomic E-state index is -0.439. The van der Waals surface area contributed by atoms with Crippen LogP contribution in [0.2, 0.25) is 0 Å². The fourth-order valence-corrected chi connectivity index (χ4v) is 2.86. The molecule has 4 nitrogen and oxygen atoms in total. The van der Waals surface area contributed by atoms with E-state index in [0.717, 1.165) is 22.5 Å². The molecule has 0 aliphatic heterocycles. The molecule has 3 aromatic carbocycles. The number of hydrogen-bond acceptors (Lipinski definition) is 3. The van der Waals surface area contributed by atoms with Gasteiger partial charge in [-0.3, -0.25) is 0 Å². The zero-order valence-corrected chi connectivity index (χ0v) is 14.7. The van der Waals surface area contributed by atoms with E-state index >= 15 is 0 Å². The minimum Gasteiger partial charge on any atom is -0.456 e. The Kier molecular flexibility index (Phi) is 4.79. The molecule has 0 saturated carbocycles. The summed E-state index contributed by atoms with van der Waals surface area (Å²) in [6.07, 6.45) is 0. The van der Waals surface area contributed by atoms with Gasteiger partial charge in [-0.2, -0.15) is 5.10 Å². The van der Waals surface area contributed by atoms with Crippen molar-refractivity contribution in [2.45, 2.75) is 6.61 Å². The number of para-hydroxylation sites is 1. The molecule has 132 valence electrons. The topological polar surface area (TPSA) is 44.1 Å². The molecule has 1 aromatic heterocycles. The van der Waals surface area contributed by atoms with Crippen LogP contribution in [0.3, 0.4) is 0 Å². The van der Waals surface area contributed by atoms with Gasteiger partial charge < -0.3 is 4.74 Å². The molecule has 0 radical (unpaired) electrons. The number of carbonyl (C=O) groups is 1. The van der Waals surface area contributed by atoms with Crippen molar-refractivity contribution in [3.63, 3.8) is 0 Å². The third-order valence-corrected chi connectivity index (χ3v) is 4.20. The zero-order chi connectivity index (χ0) is 18.5. The van der Waals surface area contributed by atoms with Crippen LogP contribution in [0.25, 0.3) is 16.9 Å². The second-order valence-electron chi connectivity index (χ2n) is 6.09. The van der Waals surface area contributed by atoms with E-state index in [1.54, 1.807) is 10.7 Å². The van der Waals surface area contributed by atoms with Crippen LogP contribution in [-0.2, 0) is 11.3 Å². The summed E-state index contributed by atoms with van der Waals surface area (Å²) >= 11 is 0. The maximum absolute atomic E-state index is 12.5. The third-order valence-electron chi connectivity index (χ3n) is 4.20. The summed E-state index contributed by atoms with van der Waals surface area (Å²) < 4.78 is 7.21. The fraction of sp³-hybridized carbons (Fsp3) is 0.0435. The highest BCUT2D eigenvalue weighted by Gasteiger charge is 2.17. The first kappa shape index (κ1) is 16.8. The number of ether oxygens (including phenoxy) is 1. The summed E-state index contributed by atoms with van der Waals surface area (Å²) in [5.41, 5.74) is 3.94. The van der Waals surface area contributed by atoms with Gasteiger partial charge in [-0.25, -0.2) is 9.48 Å². The van der Waals surface area contributed by atoms with Crippen LogP contribution in [0.1, 0.15) is 16.1 Å². The van der Waals surface area contributed by atoms with Gasteiger partial charge >= 0.3 is 5.97 Å². The van der Waals surface area contributed by atoms with E-state index in [0.29, 0.717) is 0 Å². The first-order valence-electron chi connectivity index (χ1n) is 8.73. The fourth-order valence-electron chi connectivity index (χ4n) is 2.86. The quantitative estimate of drug-likeness (QED) is 0.479. The molecule has 1 heterocycles. The zero-order valence-electron chi connectivity index (χ0n) is 14.7. The minimum absolute atomic E-state index is 0.221. The number of rotatable bonds is 5. The summed E-state index contributed by atoms with van der Waals surface area (Å²) in [4.78, 5) is 12.5. The number of esters is 1. The lowest BCUT2D eigenvalue weighted by atomic mass is 10.1. The largest absolute Gasteiger partial charge is 0.456 e. The second-order valence-corrected chi connectivity index (χ2v) is 6.09. The van der Waals surface area contributed by atoms with E-state index in [1.165, 1.54) is 0 Å². The summed E-state index contributed by atoms with van der Waals surface area (Å²) in [5.74, 6) is -0.439. The van der Waals surface area contributed by atoms with E-state index in [-0.39, 0.29) is 12.3 Å². The second kappa shape index (κ2) is 7.70. The average Bonchev–Trinajstić information content (AvgIpc) is 3.20. The predicted octanol–water partition coefficient (Wildman–Crippen LogP) is 4.90. The number of hydrogen-bond donors (Lipinski definition) is 0. The van der Waals surface area contributed by atoms with Crippen molar-refractivity contribution >= 4 is 5.97 Å². The maximum Gasteiger partial charge on any atom is 0.359 e. The van der Waals surface area contributed by atoms with Gasteiger partial charge in [0.2, 0.25) is 0 Å². The summed E-state index contributed by atoms with van der Waals surface area (Å²) in [6, 6.07) is 31.0. The van der Waals surface area contributed by atoms with Gasteiger partial charge in [0.15, 0.2) is 5.69 Å². The Bertz CT molecular complexity index is 969. The summed E-state index contributed by atoms with van der Waals surface area (Å²) in [7, 11) is 0. The normalized spacial score (nSPS) is 10.5. The number of carbonyl (C=O) groups excluding carboxylic acids is 1. The first-order chi connectivity index (χ1) is 13.3. The Morgan fingerprint density at radius 3 is 2.07 bits per heavy atom. The van der Waals surface area contributed by atoms with Crippen molar-refractivity contribution in [3.05, 3.63) is 108 Å².